The lowest BCUT2D eigenvalue weighted by Gasteiger charge is -2.15. The molecular weight excluding hydrogens is 263 g/mol. The Morgan fingerprint density at radius 1 is 1.47 bits per heavy atom. The Morgan fingerprint density at radius 2 is 2.13 bits per heavy atom. The SMILES string of the molecule is CCCCC(CC)COC(=O)C(Br)CF. The zero-order valence-electron chi connectivity index (χ0n) is 9.47. The van der Waals surface area contributed by atoms with Crippen LogP contribution in [0.25, 0.3) is 0 Å². The third-order valence-corrected chi connectivity index (χ3v) is 3.01. The van der Waals surface area contributed by atoms with E-state index >= 15 is 0 Å². The minimum Gasteiger partial charge on any atom is -0.464 e. The predicted molar refractivity (Wildman–Crippen MR) is 63.0 cm³/mol. The van der Waals surface area contributed by atoms with Crippen LogP contribution in [0.5, 0.6) is 0 Å². The average Bonchev–Trinajstić information content (AvgIpc) is 2.27. The van der Waals surface area contributed by atoms with Gasteiger partial charge in [-0.25, -0.2) is 4.39 Å². The monoisotopic (exact) mass is 282 g/mol. The van der Waals surface area contributed by atoms with Crippen LogP contribution in [0, 0.1) is 5.92 Å². The fourth-order valence-electron chi connectivity index (χ4n) is 1.25. The van der Waals surface area contributed by atoms with E-state index in [1.165, 1.54) is 0 Å². The van der Waals surface area contributed by atoms with E-state index in [2.05, 4.69) is 29.8 Å². The van der Waals surface area contributed by atoms with Gasteiger partial charge in [-0.2, -0.15) is 0 Å². The van der Waals surface area contributed by atoms with Crippen molar-refractivity contribution in [3.8, 4) is 0 Å². The van der Waals surface area contributed by atoms with E-state index in [0.29, 0.717) is 12.5 Å². The van der Waals surface area contributed by atoms with Crippen molar-refractivity contribution in [2.75, 3.05) is 13.3 Å². The van der Waals surface area contributed by atoms with Crippen LogP contribution in [0.15, 0.2) is 0 Å². The van der Waals surface area contributed by atoms with Gasteiger partial charge < -0.3 is 4.74 Å². The molecule has 0 fully saturated rings. The maximum atomic E-state index is 12.1. The third kappa shape index (κ3) is 6.88. The van der Waals surface area contributed by atoms with Crippen LogP contribution in [0.1, 0.15) is 39.5 Å². The summed E-state index contributed by atoms with van der Waals surface area (Å²) in [7, 11) is 0. The number of halogens is 2. The molecule has 0 amide bonds. The van der Waals surface area contributed by atoms with Crippen LogP contribution in [-0.4, -0.2) is 24.1 Å². The van der Waals surface area contributed by atoms with Crippen LogP contribution >= 0.6 is 15.9 Å². The van der Waals surface area contributed by atoms with Crippen molar-refractivity contribution in [3.63, 3.8) is 0 Å². The number of carbonyl (C=O) groups is 1. The van der Waals surface area contributed by atoms with Crippen molar-refractivity contribution in [3.05, 3.63) is 0 Å². The van der Waals surface area contributed by atoms with E-state index in [-0.39, 0.29) is 0 Å². The lowest BCUT2D eigenvalue weighted by atomic mass is 10.0. The molecule has 0 aromatic carbocycles. The first kappa shape index (κ1) is 14.9. The van der Waals surface area contributed by atoms with E-state index in [9.17, 15) is 9.18 Å². The highest BCUT2D eigenvalue weighted by molar-refractivity contribution is 9.10. The number of hydrogen-bond acceptors (Lipinski definition) is 2. The molecule has 0 bridgehead atoms. The summed E-state index contributed by atoms with van der Waals surface area (Å²) < 4.78 is 17.1. The summed E-state index contributed by atoms with van der Waals surface area (Å²) in [6, 6.07) is 0. The highest BCUT2D eigenvalue weighted by atomic mass is 79.9. The molecule has 0 aliphatic carbocycles. The Balaban J connectivity index is 3.74. The molecule has 0 aromatic heterocycles. The molecule has 0 aliphatic rings. The minimum absolute atomic E-state index is 0.410. The first-order valence-corrected chi connectivity index (χ1v) is 6.43. The third-order valence-electron chi connectivity index (χ3n) is 2.40. The molecule has 4 heteroatoms. The normalized spacial score (nSPS) is 14.7. The first-order valence-electron chi connectivity index (χ1n) is 5.52. The van der Waals surface area contributed by atoms with Gasteiger partial charge in [-0.1, -0.05) is 49.0 Å². The number of esters is 1. The molecule has 0 radical (unpaired) electrons. The smallest absolute Gasteiger partial charge is 0.322 e. The van der Waals surface area contributed by atoms with E-state index in [0.717, 1.165) is 25.7 Å². The standard InChI is InChI=1S/C11H20BrFO2/c1-3-5-6-9(4-2)8-15-11(14)10(12)7-13/h9-10H,3-8H2,1-2H3. The number of hydrogen-bond donors (Lipinski definition) is 0. The molecule has 0 saturated carbocycles. The van der Waals surface area contributed by atoms with Crippen LogP contribution < -0.4 is 0 Å². The van der Waals surface area contributed by atoms with Crippen LogP contribution in [0.3, 0.4) is 0 Å². The maximum Gasteiger partial charge on any atom is 0.322 e. The zero-order chi connectivity index (χ0) is 11.7. The van der Waals surface area contributed by atoms with Crippen molar-refractivity contribution in [1.29, 1.82) is 0 Å². The molecule has 0 heterocycles. The Bertz CT molecular complexity index is 176. The number of alkyl halides is 2. The Morgan fingerprint density at radius 3 is 2.60 bits per heavy atom. The molecule has 0 spiro atoms. The van der Waals surface area contributed by atoms with Gasteiger partial charge in [0, 0.05) is 0 Å². The second-order valence-electron chi connectivity index (χ2n) is 3.67. The van der Waals surface area contributed by atoms with Gasteiger partial charge in [0.1, 0.15) is 11.5 Å². The molecule has 90 valence electrons. The highest BCUT2D eigenvalue weighted by Gasteiger charge is 2.17. The minimum atomic E-state index is -0.804. The van der Waals surface area contributed by atoms with Crippen molar-refractivity contribution >= 4 is 21.9 Å². The summed E-state index contributed by atoms with van der Waals surface area (Å²) in [5.74, 6) is -0.0827. The summed E-state index contributed by atoms with van der Waals surface area (Å²) in [6.45, 7) is 3.91. The predicted octanol–water partition coefficient (Wildman–Crippen LogP) is 3.48. The van der Waals surface area contributed by atoms with Gasteiger partial charge in [-0.15, -0.1) is 0 Å². The van der Waals surface area contributed by atoms with Gasteiger partial charge >= 0.3 is 5.97 Å². The molecule has 2 unspecified atom stereocenters. The molecule has 2 nitrogen and oxygen atoms in total. The largest absolute Gasteiger partial charge is 0.464 e. The van der Waals surface area contributed by atoms with Gasteiger partial charge in [-0.3, -0.25) is 4.79 Å². The Labute approximate surface area is 99.7 Å². The summed E-state index contributed by atoms with van der Waals surface area (Å²) in [5.41, 5.74) is 0. The van der Waals surface area contributed by atoms with Gasteiger partial charge in [0.25, 0.3) is 0 Å². The molecule has 0 N–H and O–H groups in total. The summed E-state index contributed by atoms with van der Waals surface area (Å²) in [4.78, 5) is 10.4. The van der Waals surface area contributed by atoms with Crippen LogP contribution in [0.4, 0.5) is 4.39 Å². The number of unbranched alkanes of at least 4 members (excludes halogenated alkanes) is 1. The summed E-state index contributed by atoms with van der Waals surface area (Å²) >= 11 is 2.92. The molecule has 15 heavy (non-hydrogen) atoms. The molecule has 0 saturated heterocycles. The van der Waals surface area contributed by atoms with E-state index < -0.39 is 17.5 Å². The maximum absolute atomic E-state index is 12.1. The van der Waals surface area contributed by atoms with E-state index in [1.807, 2.05) is 0 Å². The first-order chi connectivity index (χ1) is 7.15. The van der Waals surface area contributed by atoms with E-state index in [4.69, 9.17) is 4.74 Å². The highest BCUT2D eigenvalue weighted by Crippen LogP contribution is 2.14. The quantitative estimate of drug-likeness (QED) is 0.503. The van der Waals surface area contributed by atoms with Gasteiger partial charge in [0.05, 0.1) is 6.61 Å². The number of ether oxygens (including phenoxy) is 1. The van der Waals surface area contributed by atoms with Crippen molar-refractivity contribution in [2.45, 2.75) is 44.4 Å². The van der Waals surface area contributed by atoms with E-state index in [1.54, 1.807) is 0 Å². The van der Waals surface area contributed by atoms with Gasteiger partial charge in [0.2, 0.25) is 0 Å². The Hall–Kier alpha value is -0.120. The molecule has 0 aromatic rings. The fourth-order valence-corrected chi connectivity index (χ4v) is 1.38. The second kappa shape index (κ2) is 9.13. The summed E-state index contributed by atoms with van der Waals surface area (Å²) in [5, 5.41) is 0. The molecular formula is C11H20BrFO2. The molecule has 0 rings (SSSR count). The average molecular weight is 283 g/mol. The lowest BCUT2D eigenvalue weighted by molar-refractivity contribution is -0.144. The van der Waals surface area contributed by atoms with Gasteiger partial charge in [-0.05, 0) is 12.3 Å². The zero-order valence-corrected chi connectivity index (χ0v) is 11.1. The topological polar surface area (TPSA) is 26.3 Å². The molecule has 2 atom stereocenters. The Kier molecular flexibility index (Phi) is 9.06. The van der Waals surface area contributed by atoms with Gasteiger partial charge in [0.15, 0.2) is 0 Å². The lowest BCUT2D eigenvalue weighted by Crippen LogP contribution is -2.22. The number of carbonyl (C=O) groups excluding carboxylic acids is 1. The van der Waals surface area contributed by atoms with Crippen LogP contribution in [-0.2, 0) is 9.53 Å². The second-order valence-corrected chi connectivity index (χ2v) is 4.77. The number of rotatable bonds is 8. The van der Waals surface area contributed by atoms with Crippen molar-refractivity contribution < 1.29 is 13.9 Å². The van der Waals surface area contributed by atoms with Crippen molar-refractivity contribution in [2.24, 2.45) is 5.92 Å². The fraction of sp³-hybridized carbons (Fsp3) is 0.909. The van der Waals surface area contributed by atoms with Crippen molar-refractivity contribution in [1.82, 2.24) is 0 Å². The van der Waals surface area contributed by atoms with Crippen LogP contribution in [0.2, 0.25) is 0 Å². The summed E-state index contributed by atoms with van der Waals surface area (Å²) in [6.07, 6.45) is 4.37. The molecule has 0 aliphatic heterocycles.